The number of aliphatic carboxylic acids is 2. The highest BCUT2D eigenvalue weighted by molar-refractivity contribution is 5.73. The maximum atomic E-state index is 10.6. The Morgan fingerprint density at radius 1 is 1.03 bits per heavy atom. The molecule has 2 aliphatic rings. The minimum absolute atomic E-state index is 0.369. The summed E-state index contributed by atoms with van der Waals surface area (Å²) < 4.78 is 71.2. The van der Waals surface area contributed by atoms with Crippen LogP contribution in [-0.2, 0) is 34.5 Å². The van der Waals surface area contributed by atoms with Gasteiger partial charge in [-0.1, -0.05) is 6.07 Å². The van der Waals surface area contributed by atoms with E-state index in [0.717, 1.165) is 39.1 Å². The molecular weight excluding hydrogens is 540 g/mol. The monoisotopic (exact) mass is 569 g/mol. The number of aromatic nitrogens is 3. The van der Waals surface area contributed by atoms with Gasteiger partial charge in [-0.25, -0.2) is 9.59 Å². The standard InChI is InChI=1S/C19H27N5O.2C2HF3O2/c1-22-10-16(9-21-22)12-24-7-5-19(25-2)17-13-23(14-18(17)24)11-15-4-3-6-20-8-15;2*3-2(4,5)1(6)7/h3-4,6,8-10,17-19H,5,7,11-14H2,1-2H3;2*(H,6,7)/t17-,18+,19-;;/m0../s1. The second-order valence-corrected chi connectivity index (χ2v) is 8.95. The van der Waals surface area contributed by atoms with Gasteiger partial charge in [0.25, 0.3) is 0 Å². The first-order valence-electron chi connectivity index (χ1n) is 11.6. The van der Waals surface area contributed by atoms with Crippen molar-refractivity contribution in [3.63, 3.8) is 0 Å². The van der Waals surface area contributed by atoms with E-state index < -0.39 is 24.3 Å². The number of nitrogens with zero attached hydrogens (tertiary/aromatic N) is 5. The number of likely N-dealkylation sites (tertiary alicyclic amines) is 2. The van der Waals surface area contributed by atoms with E-state index in [0.29, 0.717) is 18.1 Å². The van der Waals surface area contributed by atoms with E-state index >= 15 is 0 Å². The van der Waals surface area contributed by atoms with Gasteiger partial charge in [-0.05, 0) is 18.1 Å². The molecule has 0 aliphatic carbocycles. The molecule has 4 heterocycles. The number of carboxylic acid groups (broad SMARTS) is 2. The second-order valence-electron chi connectivity index (χ2n) is 8.95. The number of methoxy groups -OCH3 is 1. The topological polar surface area (TPSA) is 121 Å². The highest BCUT2D eigenvalue weighted by Crippen LogP contribution is 2.34. The quantitative estimate of drug-likeness (QED) is 0.524. The molecule has 0 aromatic carbocycles. The predicted octanol–water partition coefficient (Wildman–Crippen LogP) is 2.80. The number of rotatable bonds is 5. The van der Waals surface area contributed by atoms with E-state index in [-0.39, 0.29) is 0 Å². The number of carboxylic acids is 2. The Morgan fingerprint density at radius 3 is 2.10 bits per heavy atom. The first kappa shape index (κ1) is 32.0. The molecule has 4 rings (SSSR count). The van der Waals surface area contributed by atoms with Crippen LogP contribution in [-0.4, -0.2) is 98.0 Å². The number of pyridine rings is 1. The molecule has 2 aromatic heterocycles. The number of fused-ring (bicyclic) bond motifs is 1. The van der Waals surface area contributed by atoms with Crippen molar-refractivity contribution in [1.82, 2.24) is 24.6 Å². The second kappa shape index (κ2) is 13.7. The number of halogens is 6. The lowest BCUT2D eigenvalue weighted by Crippen LogP contribution is -2.50. The molecule has 2 fully saturated rings. The Bertz CT molecular complexity index is 1040. The van der Waals surface area contributed by atoms with Crippen molar-refractivity contribution in [3.05, 3.63) is 48.0 Å². The summed E-state index contributed by atoms with van der Waals surface area (Å²) in [7, 11) is 3.84. The van der Waals surface area contributed by atoms with Gasteiger partial charge in [0.1, 0.15) is 0 Å². The van der Waals surface area contributed by atoms with Crippen molar-refractivity contribution in [3.8, 4) is 0 Å². The van der Waals surface area contributed by atoms with Crippen LogP contribution in [0.4, 0.5) is 26.3 Å². The minimum atomic E-state index is -5.08. The zero-order valence-corrected chi connectivity index (χ0v) is 21.1. The lowest BCUT2D eigenvalue weighted by atomic mass is 9.89. The summed E-state index contributed by atoms with van der Waals surface area (Å²) in [4.78, 5) is 27.2. The fourth-order valence-electron chi connectivity index (χ4n) is 4.47. The van der Waals surface area contributed by atoms with Crippen LogP contribution in [0.1, 0.15) is 17.5 Å². The van der Waals surface area contributed by atoms with E-state index in [9.17, 15) is 26.3 Å². The van der Waals surface area contributed by atoms with E-state index in [4.69, 9.17) is 24.5 Å². The van der Waals surface area contributed by atoms with Gasteiger partial charge in [0, 0.05) is 83.0 Å². The predicted molar refractivity (Wildman–Crippen MR) is 123 cm³/mol. The van der Waals surface area contributed by atoms with Crippen molar-refractivity contribution >= 4 is 11.9 Å². The number of ether oxygens (including phenoxy) is 1. The molecule has 0 saturated carbocycles. The SMILES string of the molecule is CO[C@H]1CCN(Cc2cnn(C)c2)[C@@H]2CN(Cc3cccnc3)C[C@H]12.O=C(O)C(F)(F)F.O=C(O)C(F)(F)F. The lowest BCUT2D eigenvalue weighted by Gasteiger charge is -2.41. The molecule has 2 aromatic rings. The van der Waals surface area contributed by atoms with Crippen LogP contribution >= 0.6 is 0 Å². The fraction of sp³-hybridized carbons (Fsp3) is 0.565. The van der Waals surface area contributed by atoms with Crippen LogP contribution in [0, 0.1) is 5.92 Å². The maximum absolute atomic E-state index is 10.6. The zero-order valence-electron chi connectivity index (χ0n) is 21.1. The highest BCUT2D eigenvalue weighted by atomic mass is 19.4. The zero-order chi connectivity index (χ0) is 29.4. The van der Waals surface area contributed by atoms with Gasteiger partial charge in [0.05, 0.1) is 12.3 Å². The van der Waals surface area contributed by atoms with Gasteiger partial charge in [-0.15, -0.1) is 0 Å². The van der Waals surface area contributed by atoms with Crippen molar-refractivity contribution in [2.45, 2.75) is 44.0 Å². The summed E-state index contributed by atoms with van der Waals surface area (Å²) in [6, 6.07) is 4.73. The van der Waals surface area contributed by atoms with Crippen LogP contribution < -0.4 is 0 Å². The molecule has 2 saturated heterocycles. The molecule has 39 heavy (non-hydrogen) atoms. The van der Waals surface area contributed by atoms with Gasteiger partial charge in [-0.3, -0.25) is 19.5 Å². The van der Waals surface area contributed by atoms with Gasteiger partial charge < -0.3 is 14.9 Å². The normalized spacial score (nSPS) is 21.7. The van der Waals surface area contributed by atoms with Crippen molar-refractivity contribution in [2.24, 2.45) is 13.0 Å². The Kier molecular flexibility index (Phi) is 11.2. The number of carbonyl (C=O) groups is 2. The highest BCUT2D eigenvalue weighted by Gasteiger charge is 2.44. The van der Waals surface area contributed by atoms with Gasteiger partial charge >= 0.3 is 24.3 Å². The number of aryl methyl sites for hydroxylation is 1. The Morgan fingerprint density at radius 2 is 1.64 bits per heavy atom. The largest absolute Gasteiger partial charge is 0.490 e. The van der Waals surface area contributed by atoms with E-state index in [2.05, 4.69) is 32.1 Å². The Labute approximate surface area is 219 Å². The molecule has 0 radical (unpaired) electrons. The third kappa shape index (κ3) is 10.1. The Hall–Kier alpha value is -3.24. The average Bonchev–Trinajstić information content (AvgIpc) is 3.45. The molecule has 0 amide bonds. The molecule has 2 N–H and O–H groups in total. The van der Waals surface area contributed by atoms with Crippen LogP contribution in [0.2, 0.25) is 0 Å². The summed E-state index contributed by atoms with van der Waals surface area (Å²) in [6.45, 7) is 5.24. The van der Waals surface area contributed by atoms with E-state index in [1.54, 1.807) is 0 Å². The molecule has 0 unspecified atom stereocenters. The molecule has 0 bridgehead atoms. The van der Waals surface area contributed by atoms with Crippen molar-refractivity contribution in [1.29, 1.82) is 0 Å². The van der Waals surface area contributed by atoms with Crippen LogP contribution in [0.15, 0.2) is 36.9 Å². The lowest BCUT2D eigenvalue weighted by molar-refractivity contribution is -0.193. The van der Waals surface area contributed by atoms with Gasteiger partial charge in [-0.2, -0.15) is 31.4 Å². The third-order valence-corrected chi connectivity index (χ3v) is 6.12. The smallest absolute Gasteiger partial charge is 0.475 e. The van der Waals surface area contributed by atoms with Crippen molar-refractivity contribution in [2.75, 3.05) is 26.7 Å². The summed E-state index contributed by atoms with van der Waals surface area (Å²) in [5, 5.41) is 18.6. The van der Waals surface area contributed by atoms with E-state index in [1.165, 1.54) is 11.1 Å². The maximum Gasteiger partial charge on any atom is 0.490 e. The molecule has 3 atom stereocenters. The van der Waals surface area contributed by atoms with Crippen LogP contribution in [0.3, 0.4) is 0 Å². The molecule has 218 valence electrons. The number of hydrogen-bond acceptors (Lipinski definition) is 7. The Balaban J connectivity index is 0.000000317. The number of hydrogen-bond donors (Lipinski definition) is 2. The molecular formula is C23H29F6N5O5. The molecule has 16 heteroatoms. The summed E-state index contributed by atoms with van der Waals surface area (Å²) in [5.41, 5.74) is 2.58. The molecule has 0 spiro atoms. The van der Waals surface area contributed by atoms with Crippen LogP contribution in [0.25, 0.3) is 0 Å². The summed E-state index contributed by atoms with van der Waals surface area (Å²) in [5.74, 6) is -4.94. The van der Waals surface area contributed by atoms with Crippen molar-refractivity contribution < 1.29 is 50.9 Å². The fourth-order valence-corrected chi connectivity index (χ4v) is 4.47. The molecule has 10 nitrogen and oxygen atoms in total. The number of alkyl halides is 6. The van der Waals surface area contributed by atoms with E-state index in [1.807, 2.05) is 43.5 Å². The van der Waals surface area contributed by atoms with Gasteiger partial charge in [0.15, 0.2) is 0 Å². The minimum Gasteiger partial charge on any atom is -0.475 e. The third-order valence-electron chi connectivity index (χ3n) is 6.12. The first-order valence-corrected chi connectivity index (χ1v) is 11.6. The number of piperidine rings is 1. The van der Waals surface area contributed by atoms with Gasteiger partial charge in [0.2, 0.25) is 0 Å². The average molecular weight is 570 g/mol. The van der Waals surface area contributed by atoms with Crippen LogP contribution in [0.5, 0.6) is 0 Å². The summed E-state index contributed by atoms with van der Waals surface area (Å²) >= 11 is 0. The molecule has 2 aliphatic heterocycles. The first-order chi connectivity index (χ1) is 18.1. The summed E-state index contributed by atoms with van der Waals surface area (Å²) in [6.07, 6.45) is -0.764.